The van der Waals surface area contributed by atoms with E-state index >= 15 is 0 Å². The highest BCUT2D eigenvalue weighted by Gasteiger charge is 2.21. The molecule has 5 nitrogen and oxygen atoms in total. The molecular formula is C16H25IN4OS. The van der Waals surface area contributed by atoms with Gasteiger partial charge in [0, 0.05) is 43.1 Å². The summed E-state index contributed by atoms with van der Waals surface area (Å²) in [4.78, 5) is 6.93. The number of hydrogen-bond donors (Lipinski definition) is 2. The van der Waals surface area contributed by atoms with Gasteiger partial charge in [-0.05, 0) is 6.07 Å². The molecule has 0 radical (unpaired) electrons. The summed E-state index contributed by atoms with van der Waals surface area (Å²) in [5, 5.41) is 3.34. The van der Waals surface area contributed by atoms with E-state index in [1.165, 1.54) is 30.2 Å². The van der Waals surface area contributed by atoms with Crippen LogP contribution in [-0.2, 0) is 0 Å². The molecule has 0 bridgehead atoms. The molecule has 1 unspecified atom stereocenters. The minimum Gasteiger partial charge on any atom is -0.493 e. The fourth-order valence-electron chi connectivity index (χ4n) is 2.85. The van der Waals surface area contributed by atoms with Gasteiger partial charge in [-0.1, -0.05) is 18.2 Å². The van der Waals surface area contributed by atoms with E-state index in [-0.39, 0.29) is 30.0 Å². The van der Waals surface area contributed by atoms with E-state index in [4.69, 9.17) is 10.5 Å². The first-order valence-electron chi connectivity index (χ1n) is 7.91. The van der Waals surface area contributed by atoms with Crippen molar-refractivity contribution < 1.29 is 4.74 Å². The van der Waals surface area contributed by atoms with Crippen LogP contribution in [0.15, 0.2) is 29.3 Å². The van der Waals surface area contributed by atoms with Crippen LogP contribution in [0.4, 0.5) is 0 Å². The van der Waals surface area contributed by atoms with Crippen LogP contribution in [0.2, 0.25) is 0 Å². The molecule has 1 aromatic rings. The maximum absolute atomic E-state index is 6.05. The van der Waals surface area contributed by atoms with Crippen molar-refractivity contribution in [2.45, 2.75) is 12.5 Å². The van der Waals surface area contributed by atoms with Gasteiger partial charge < -0.3 is 15.8 Å². The van der Waals surface area contributed by atoms with E-state index in [9.17, 15) is 0 Å². The monoisotopic (exact) mass is 448 g/mol. The number of guanidine groups is 1. The maximum Gasteiger partial charge on any atom is 0.189 e. The number of para-hydroxylation sites is 1. The van der Waals surface area contributed by atoms with Gasteiger partial charge in [0.25, 0.3) is 0 Å². The van der Waals surface area contributed by atoms with Gasteiger partial charge in [-0.2, -0.15) is 11.8 Å². The molecule has 2 aliphatic rings. The maximum atomic E-state index is 6.05. The lowest BCUT2D eigenvalue weighted by Crippen LogP contribution is -2.38. The molecule has 128 valence electrons. The summed E-state index contributed by atoms with van der Waals surface area (Å²) in [7, 11) is 0. The molecule has 1 atom stereocenters. The number of fused-ring (bicyclic) bond motifs is 1. The molecule has 0 spiro atoms. The summed E-state index contributed by atoms with van der Waals surface area (Å²) < 4.78 is 5.67. The predicted molar refractivity (Wildman–Crippen MR) is 108 cm³/mol. The van der Waals surface area contributed by atoms with Gasteiger partial charge in [-0.15, -0.1) is 24.0 Å². The smallest absolute Gasteiger partial charge is 0.189 e. The van der Waals surface area contributed by atoms with Crippen LogP contribution in [0, 0.1) is 0 Å². The SMILES string of the molecule is I.NC(=NCCN1CCSCC1)NC1CCOc2ccccc21. The Balaban J connectivity index is 0.00000192. The molecule has 7 heteroatoms. The molecule has 3 rings (SSSR count). The number of nitrogens with two attached hydrogens (primary N) is 1. The van der Waals surface area contributed by atoms with Crippen molar-refractivity contribution in [3.05, 3.63) is 29.8 Å². The molecule has 2 heterocycles. The zero-order chi connectivity index (χ0) is 15.2. The van der Waals surface area contributed by atoms with E-state index in [0.29, 0.717) is 12.6 Å². The molecule has 3 N–H and O–H groups in total. The van der Waals surface area contributed by atoms with Crippen molar-refractivity contribution in [3.8, 4) is 5.75 Å². The van der Waals surface area contributed by atoms with Crippen LogP contribution in [0.1, 0.15) is 18.0 Å². The number of thioether (sulfide) groups is 1. The summed E-state index contributed by atoms with van der Waals surface area (Å²) in [6.07, 6.45) is 0.913. The summed E-state index contributed by atoms with van der Waals surface area (Å²) in [6, 6.07) is 8.31. The van der Waals surface area contributed by atoms with Crippen molar-refractivity contribution >= 4 is 41.7 Å². The molecule has 0 aliphatic carbocycles. The Labute approximate surface area is 159 Å². The zero-order valence-electron chi connectivity index (χ0n) is 13.2. The number of aliphatic imine (C=N–C) groups is 1. The second kappa shape index (κ2) is 9.58. The summed E-state index contributed by atoms with van der Waals surface area (Å²) in [6.45, 7) is 4.80. The van der Waals surface area contributed by atoms with Crippen molar-refractivity contribution in [1.82, 2.24) is 10.2 Å². The second-order valence-electron chi connectivity index (χ2n) is 5.59. The molecule has 23 heavy (non-hydrogen) atoms. The fraction of sp³-hybridized carbons (Fsp3) is 0.562. The van der Waals surface area contributed by atoms with E-state index in [1.807, 2.05) is 30.0 Å². The highest BCUT2D eigenvalue weighted by Crippen LogP contribution is 2.31. The van der Waals surface area contributed by atoms with Crippen LogP contribution in [0.3, 0.4) is 0 Å². The molecule has 0 amide bonds. The Morgan fingerprint density at radius 1 is 1.35 bits per heavy atom. The highest BCUT2D eigenvalue weighted by atomic mass is 127. The van der Waals surface area contributed by atoms with E-state index < -0.39 is 0 Å². The molecular weight excluding hydrogens is 423 g/mol. The van der Waals surface area contributed by atoms with Gasteiger partial charge in [0.15, 0.2) is 5.96 Å². The summed E-state index contributed by atoms with van der Waals surface area (Å²) in [5.74, 6) is 3.95. The lowest BCUT2D eigenvalue weighted by Gasteiger charge is -2.27. The van der Waals surface area contributed by atoms with Crippen molar-refractivity contribution in [2.24, 2.45) is 10.7 Å². The average molecular weight is 448 g/mol. The minimum atomic E-state index is 0. The number of halogens is 1. The Kier molecular flexibility index (Phi) is 7.78. The third-order valence-electron chi connectivity index (χ3n) is 4.08. The Bertz CT molecular complexity index is 523. The van der Waals surface area contributed by atoms with Gasteiger partial charge >= 0.3 is 0 Å². The molecule has 1 fully saturated rings. The first-order chi connectivity index (χ1) is 10.8. The van der Waals surface area contributed by atoms with E-state index in [0.717, 1.165) is 25.3 Å². The third-order valence-corrected chi connectivity index (χ3v) is 5.03. The minimum absolute atomic E-state index is 0. The number of benzene rings is 1. The Morgan fingerprint density at radius 2 is 2.13 bits per heavy atom. The van der Waals surface area contributed by atoms with Crippen LogP contribution in [-0.4, -0.2) is 55.2 Å². The van der Waals surface area contributed by atoms with Crippen LogP contribution >= 0.6 is 35.7 Å². The van der Waals surface area contributed by atoms with Crippen LogP contribution in [0.5, 0.6) is 5.75 Å². The predicted octanol–water partition coefficient (Wildman–Crippen LogP) is 2.08. The van der Waals surface area contributed by atoms with Crippen LogP contribution in [0.25, 0.3) is 0 Å². The van der Waals surface area contributed by atoms with Gasteiger partial charge in [0.05, 0.1) is 19.2 Å². The Hall–Kier alpha value is -0.670. The van der Waals surface area contributed by atoms with Crippen molar-refractivity contribution in [2.75, 3.05) is 44.3 Å². The van der Waals surface area contributed by atoms with E-state index in [2.05, 4.69) is 21.3 Å². The normalized spacial score (nSPS) is 21.7. The molecule has 2 aliphatic heterocycles. The third kappa shape index (κ3) is 5.42. The first kappa shape index (κ1) is 18.7. The van der Waals surface area contributed by atoms with Gasteiger partial charge in [0.2, 0.25) is 0 Å². The van der Waals surface area contributed by atoms with Crippen molar-refractivity contribution in [3.63, 3.8) is 0 Å². The van der Waals surface area contributed by atoms with Gasteiger partial charge in [0.1, 0.15) is 5.75 Å². The average Bonchev–Trinajstić information content (AvgIpc) is 2.56. The van der Waals surface area contributed by atoms with E-state index in [1.54, 1.807) is 0 Å². The van der Waals surface area contributed by atoms with Crippen LogP contribution < -0.4 is 15.8 Å². The number of nitrogens with one attached hydrogen (secondary N) is 1. The highest BCUT2D eigenvalue weighted by molar-refractivity contribution is 14.0. The molecule has 0 aromatic heterocycles. The number of hydrogen-bond acceptors (Lipinski definition) is 4. The lowest BCUT2D eigenvalue weighted by atomic mass is 10.0. The summed E-state index contributed by atoms with van der Waals surface area (Å²) >= 11 is 2.03. The second-order valence-corrected chi connectivity index (χ2v) is 6.82. The summed E-state index contributed by atoms with van der Waals surface area (Å²) in [5.41, 5.74) is 7.22. The Morgan fingerprint density at radius 3 is 2.96 bits per heavy atom. The first-order valence-corrected chi connectivity index (χ1v) is 9.06. The topological polar surface area (TPSA) is 62.9 Å². The quantitative estimate of drug-likeness (QED) is 0.420. The van der Waals surface area contributed by atoms with Gasteiger partial charge in [-0.3, -0.25) is 9.89 Å². The van der Waals surface area contributed by atoms with Crippen molar-refractivity contribution in [1.29, 1.82) is 0 Å². The molecule has 0 saturated carbocycles. The number of rotatable bonds is 4. The largest absolute Gasteiger partial charge is 0.493 e. The zero-order valence-corrected chi connectivity index (χ0v) is 16.4. The number of nitrogens with zero attached hydrogens (tertiary/aromatic N) is 2. The lowest BCUT2D eigenvalue weighted by molar-refractivity contribution is 0.262. The standard InChI is InChI=1S/C16H24N4OS.HI/c17-16(18-6-7-20-8-11-22-12-9-20)19-14-5-10-21-15-4-2-1-3-13(14)15;/h1-4,14H,5-12H2,(H3,17,18,19);1H. The van der Waals surface area contributed by atoms with Gasteiger partial charge in [-0.25, -0.2) is 0 Å². The molecule has 1 saturated heterocycles. The fourth-order valence-corrected chi connectivity index (χ4v) is 3.83. The number of ether oxygens (including phenoxy) is 1. The molecule has 1 aromatic carbocycles.